The van der Waals surface area contributed by atoms with Crippen LogP contribution in [0.25, 0.3) is 11.3 Å². The fourth-order valence-electron chi connectivity index (χ4n) is 2.99. The van der Waals surface area contributed by atoms with Crippen molar-refractivity contribution in [3.05, 3.63) is 64.0 Å². The number of carbonyl (C=O) groups excluding carboxylic acids is 1. The normalized spacial score (nSPS) is 11.6. The zero-order valence-electron chi connectivity index (χ0n) is 16.5. The Morgan fingerprint density at radius 3 is 2.52 bits per heavy atom. The van der Waals surface area contributed by atoms with Crippen LogP contribution in [0.5, 0.6) is 0 Å². The number of aromatic nitrogens is 2. The van der Waals surface area contributed by atoms with Gasteiger partial charge < -0.3 is 5.32 Å². The van der Waals surface area contributed by atoms with Crippen molar-refractivity contribution in [1.82, 2.24) is 15.1 Å². The van der Waals surface area contributed by atoms with Crippen LogP contribution in [0.15, 0.2) is 47.8 Å². The third-order valence-electron chi connectivity index (χ3n) is 4.60. The van der Waals surface area contributed by atoms with Gasteiger partial charge in [0.2, 0.25) is 0 Å². The van der Waals surface area contributed by atoms with Gasteiger partial charge in [-0.3, -0.25) is 9.48 Å². The van der Waals surface area contributed by atoms with Crippen LogP contribution in [0, 0.1) is 0 Å². The summed E-state index contributed by atoms with van der Waals surface area (Å²) in [4.78, 5) is 13.8. The van der Waals surface area contributed by atoms with Crippen molar-refractivity contribution in [2.45, 2.75) is 46.1 Å². The summed E-state index contributed by atoms with van der Waals surface area (Å²) in [7, 11) is 0. The molecule has 0 aliphatic rings. The number of carbonyl (C=O) groups is 1. The third kappa shape index (κ3) is 4.66. The largest absolute Gasteiger partial charge is 0.350 e. The molecule has 1 N–H and O–H groups in total. The molecule has 0 bridgehead atoms. The summed E-state index contributed by atoms with van der Waals surface area (Å²) in [5, 5.41) is 9.53. The van der Waals surface area contributed by atoms with Crippen molar-refractivity contribution in [3.63, 3.8) is 0 Å². The van der Waals surface area contributed by atoms with E-state index < -0.39 is 0 Å². The first-order valence-corrected chi connectivity index (χ1v) is 10.3. The maximum absolute atomic E-state index is 12.5. The highest BCUT2D eigenvalue weighted by Crippen LogP contribution is 2.26. The van der Waals surface area contributed by atoms with Crippen molar-refractivity contribution < 1.29 is 4.79 Å². The van der Waals surface area contributed by atoms with Gasteiger partial charge in [-0.2, -0.15) is 5.10 Å². The van der Waals surface area contributed by atoms with Gasteiger partial charge >= 0.3 is 0 Å². The minimum Gasteiger partial charge on any atom is -0.350 e. The van der Waals surface area contributed by atoms with E-state index in [9.17, 15) is 4.79 Å². The van der Waals surface area contributed by atoms with Gasteiger partial charge in [0.25, 0.3) is 5.91 Å². The second-order valence-corrected chi connectivity index (χ2v) is 8.68. The number of hydrogen-bond acceptors (Lipinski definition) is 3. The zero-order chi connectivity index (χ0) is 19.4. The first-order valence-electron chi connectivity index (χ1n) is 9.38. The molecular weight excluding hydrogens is 354 g/mol. The molecule has 0 spiro atoms. The molecule has 0 saturated heterocycles. The maximum atomic E-state index is 12.5. The van der Waals surface area contributed by atoms with Crippen LogP contribution in [0.1, 0.15) is 48.6 Å². The van der Waals surface area contributed by atoms with Crippen LogP contribution >= 0.6 is 11.3 Å². The van der Waals surface area contributed by atoms with Gasteiger partial charge in [0.15, 0.2) is 5.69 Å². The number of benzene rings is 1. The Morgan fingerprint density at radius 1 is 1.19 bits per heavy atom. The van der Waals surface area contributed by atoms with Gasteiger partial charge in [-0.15, -0.1) is 11.3 Å². The molecular formula is C22H27N3OS. The topological polar surface area (TPSA) is 46.9 Å². The van der Waals surface area contributed by atoms with Crippen LogP contribution in [0.2, 0.25) is 0 Å². The highest BCUT2D eigenvalue weighted by Gasteiger charge is 2.17. The molecule has 0 unspecified atom stereocenters. The van der Waals surface area contributed by atoms with Crippen molar-refractivity contribution in [2.24, 2.45) is 0 Å². The standard InChI is InChI=1S/C22H27N3OS/c1-5-25-20(16-8-10-17(11-9-16)22(2,3)4)15-19(24-25)21(26)23-13-12-18-7-6-14-27-18/h6-11,14-15H,5,12-13H2,1-4H3,(H,23,26). The lowest BCUT2D eigenvalue weighted by Gasteiger charge is -2.19. The molecule has 2 aromatic heterocycles. The molecule has 3 rings (SSSR count). The molecule has 1 amide bonds. The van der Waals surface area contributed by atoms with Crippen LogP contribution in [-0.2, 0) is 18.4 Å². The number of nitrogens with zero attached hydrogens (tertiary/aromatic N) is 2. The Morgan fingerprint density at radius 2 is 1.93 bits per heavy atom. The second-order valence-electron chi connectivity index (χ2n) is 7.64. The lowest BCUT2D eigenvalue weighted by Crippen LogP contribution is -2.26. The highest BCUT2D eigenvalue weighted by molar-refractivity contribution is 7.09. The Balaban J connectivity index is 1.73. The van der Waals surface area contributed by atoms with Gasteiger partial charge in [0.05, 0.1) is 5.69 Å². The molecule has 0 atom stereocenters. The molecule has 3 aromatic rings. The zero-order valence-corrected chi connectivity index (χ0v) is 17.3. The van der Waals surface area contributed by atoms with E-state index in [1.54, 1.807) is 11.3 Å². The van der Waals surface area contributed by atoms with Crippen molar-refractivity contribution in [1.29, 1.82) is 0 Å². The highest BCUT2D eigenvalue weighted by atomic mass is 32.1. The Hall–Kier alpha value is -2.40. The van der Waals surface area contributed by atoms with Gasteiger partial charge in [-0.1, -0.05) is 51.1 Å². The van der Waals surface area contributed by atoms with Gasteiger partial charge in [-0.25, -0.2) is 0 Å². The maximum Gasteiger partial charge on any atom is 0.271 e. The fraction of sp³-hybridized carbons (Fsp3) is 0.364. The van der Waals surface area contributed by atoms with Crippen molar-refractivity contribution in [2.75, 3.05) is 6.54 Å². The van der Waals surface area contributed by atoms with Crippen LogP contribution < -0.4 is 5.32 Å². The summed E-state index contributed by atoms with van der Waals surface area (Å²) in [5.41, 5.74) is 3.94. The molecule has 0 aliphatic carbocycles. The van der Waals surface area contributed by atoms with Gasteiger partial charge in [0.1, 0.15) is 0 Å². The summed E-state index contributed by atoms with van der Waals surface area (Å²) in [6, 6.07) is 14.5. The molecule has 5 heteroatoms. The lowest BCUT2D eigenvalue weighted by molar-refractivity contribution is 0.0948. The number of thiophene rings is 1. The van der Waals surface area contributed by atoms with E-state index in [0.29, 0.717) is 12.2 Å². The van der Waals surface area contributed by atoms with Crippen molar-refractivity contribution >= 4 is 17.2 Å². The third-order valence-corrected chi connectivity index (χ3v) is 5.53. The molecule has 1 aromatic carbocycles. The van der Waals surface area contributed by atoms with E-state index in [1.807, 2.05) is 23.7 Å². The van der Waals surface area contributed by atoms with Crippen molar-refractivity contribution in [3.8, 4) is 11.3 Å². The minimum atomic E-state index is -0.119. The predicted molar refractivity (Wildman–Crippen MR) is 112 cm³/mol. The molecule has 4 nitrogen and oxygen atoms in total. The first-order chi connectivity index (χ1) is 12.9. The summed E-state index contributed by atoms with van der Waals surface area (Å²) >= 11 is 1.71. The summed E-state index contributed by atoms with van der Waals surface area (Å²) in [6.45, 7) is 10.00. The molecule has 0 saturated carbocycles. The Kier molecular flexibility index (Phi) is 5.80. The number of aryl methyl sites for hydroxylation is 1. The number of rotatable bonds is 6. The second kappa shape index (κ2) is 8.09. The average molecular weight is 382 g/mol. The van der Waals surface area contributed by atoms with Gasteiger partial charge in [-0.05, 0) is 47.4 Å². The van der Waals surface area contributed by atoms with E-state index >= 15 is 0 Å². The Bertz CT molecular complexity index is 887. The lowest BCUT2D eigenvalue weighted by atomic mass is 9.86. The smallest absolute Gasteiger partial charge is 0.271 e. The first kappa shape index (κ1) is 19.4. The molecule has 0 fully saturated rings. The van der Waals surface area contributed by atoms with E-state index in [-0.39, 0.29) is 11.3 Å². The molecule has 2 heterocycles. The van der Waals surface area contributed by atoms with E-state index in [0.717, 1.165) is 24.2 Å². The summed E-state index contributed by atoms with van der Waals surface area (Å²) < 4.78 is 1.89. The molecule has 0 aliphatic heterocycles. The van der Waals surface area contributed by atoms with E-state index in [1.165, 1.54) is 10.4 Å². The SMILES string of the molecule is CCn1nc(C(=O)NCCc2cccs2)cc1-c1ccc(C(C)(C)C)cc1. The van der Waals surface area contributed by atoms with Crippen LogP contribution in [-0.4, -0.2) is 22.2 Å². The van der Waals surface area contributed by atoms with Crippen LogP contribution in [0.3, 0.4) is 0 Å². The Labute approximate surface area is 165 Å². The number of hydrogen-bond donors (Lipinski definition) is 1. The van der Waals surface area contributed by atoms with E-state index in [2.05, 4.69) is 66.9 Å². The molecule has 0 radical (unpaired) electrons. The predicted octanol–water partition coefficient (Wildman–Crippen LogP) is 4.90. The fourth-order valence-corrected chi connectivity index (χ4v) is 3.70. The monoisotopic (exact) mass is 381 g/mol. The quantitative estimate of drug-likeness (QED) is 0.660. The van der Waals surface area contributed by atoms with Crippen LogP contribution in [0.4, 0.5) is 0 Å². The number of amides is 1. The average Bonchev–Trinajstić information content (AvgIpc) is 3.30. The summed E-state index contributed by atoms with van der Waals surface area (Å²) in [5.74, 6) is -0.119. The molecule has 142 valence electrons. The van der Waals surface area contributed by atoms with E-state index in [4.69, 9.17) is 0 Å². The molecule has 27 heavy (non-hydrogen) atoms. The minimum absolute atomic E-state index is 0.119. The van der Waals surface area contributed by atoms with Gasteiger partial charge in [0, 0.05) is 18.0 Å². The number of nitrogens with one attached hydrogen (secondary N) is 1. The summed E-state index contributed by atoms with van der Waals surface area (Å²) in [6.07, 6.45) is 0.846.